The molecule has 2 amide bonds. The SMILES string of the molecule is C[C@@H]1Cn2c(c(C(=O)NCc3c(F)cccc3-c3nccc(N)n3)n(-c3ccc(OC4CC4)cc3)c2=O)CN1C(=O)c1ccc(Br)c(C(F)(F)F)c1. The normalized spacial score (nSPS) is 15.7. The fourth-order valence-corrected chi connectivity index (χ4v) is 6.63. The van der Waals surface area contributed by atoms with E-state index in [1.54, 1.807) is 37.3 Å². The summed E-state index contributed by atoms with van der Waals surface area (Å²) in [4.78, 5) is 51.8. The minimum absolute atomic E-state index is 0.0526. The van der Waals surface area contributed by atoms with Crippen molar-refractivity contribution in [2.75, 3.05) is 5.73 Å². The average Bonchev–Trinajstić information content (AvgIpc) is 3.88. The molecule has 268 valence electrons. The molecule has 5 aromatic rings. The molecular weight excluding hydrogens is 750 g/mol. The molecule has 1 saturated carbocycles. The molecule has 1 aliphatic heterocycles. The maximum absolute atomic E-state index is 15.3. The minimum Gasteiger partial charge on any atom is -0.490 e. The van der Waals surface area contributed by atoms with Crippen LogP contribution in [0.2, 0.25) is 0 Å². The summed E-state index contributed by atoms with van der Waals surface area (Å²) in [5.74, 6) is -1.25. The van der Waals surface area contributed by atoms with Crippen LogP contribution in [0.5, 0.6) is 5.75 Å². The van der Waals surface area contributed by atoms with Crippen molar-refractivity contribution in [2.24, 2.45) is 0 Å². The lowest BCUT2D eigenvalue weighted by Gasteiger charge is -2.34. The minimum atomic E-state index is -4.72. The van der Waals surface area contributed by atoms with E-state index in [1.807, 2.05) is 0 Å². The predicted octanol–water partition coefficient (Wildman–Crippen LogP) is 6.11. The molecule has 2 aromatic heterocycles. The fraction of sp³-hybridized carbons (Fsp3) is 0.250. The van der Waals surface area contributed by atoms with Crippen LogP contribution < -0.4 is 21.5 Å². The first-order valence-corrected chi connectivity index (χ1v) is 17.0. The highest BCUT2D eigenvalue weighted by Gasteiger charge is 2.38. The zero-order valence-electron chi connectivity index (χ0n) is 27.5. The zero-order chi connectivity index (χ0) is 36.9. The van der Waals surface area contributed by atoms with Gasteiger partial charge in [0.15, 0.2) is 5.82 Å². The second kappa shape index (κ2) is 13.6. The van der Waals surface area contributed by atoms with Gasteiger partial charge in [-0.1, -0.05) is 28.1 Å². The van der Waals surface area contributed by atoms with Crippen LogP contribution >= 0.6 is 15.9 Å². The van der Waals surface area contributed by atoms with E-state index in [9.17, 15) is 27.6 Å². The van der Waals surface area contributed by atoms with Gasteiger partial charge in [0.25, 0.3) is 11.8 Å². The lowest BCUT2D eigenvalue weighted by atomic mass is 10.1. The molecular formula is C36H30BrF4N7O4. The summed E-state index contributed by atoms with van der Waals surface area (Å²) < 4.78 is 64.7. The number of hydrogen-bond donors (Lipinski definition) is 2. The molecule has 7 rings (SSSR count). The number of nitrogens with one attached hydrogen (secondary N) is 1. The topological polar surface area (TPSA) is 137 Å². The van der Waals surface area contributed by atoms with E-state index in [2.05, 4.69) is 31.2 Å². The van der Waals surface area contributed by atoms with E-state index in [4.69, 9.17) is 10.5 Å². The average molecular weight is 781 g/mol. The number of carbonyl (C=O) groups excluding carboxylic acids is 2. The Morgan fingerprint density at radius 1 is 1.08 bits per heavy atom. The molecule has 0 radical (unpaired) electrons. The van der Waals surface area contributed by atoms with Gasteiger partial charge < -0.3 is 20.7 Å². The van der Waals surface area contributed by atoms with Gasteiger partial charge in [-0.2, -0.15) is 13.2 Å². The summed E-state index contributed by atoms with van der Waals surface area (Å²) in [7, 11) is 0. The fourth-order valence-electron chi connectivity index (χ4n) is 6.16. The molecule has 52 heavy (non-hydrogen) atoms. The Morgan fingerprint density at radius 2 is 1.83 bits per heavy atom. The van der Waals surface area contributed by atoms with Crippen molar-refractivity contribution in [3.63, 3.8) is 0 Å². The number of benzene rings is 3. The first-order valence-electron chi connectivity index (χ1n) is 16.2. The Hall–Kier alpha value is -5.51. The van der Waals surface area contributed by atoms with E-state index in [0.29, 0.717) is 11.4 Å². The van der Waals surface area contributed by atoms with Crippen molar-refractivity contribution in [1.29, 1.82) is 0 Å². The van der Waals surface area contributed by atoms with Gasteiger partial charge in [-0.15, -0.1) is 0 Å². The number of hydrogen-bond acceptors (Lipinski definition) is 7. The van der Waals surface area contributed by atoms with Gasteiger partial charge in [0.05, 0.1) is 29.6 Å². The maximum atomic E-state index is 15.3. The number of nitrogens with two attached hydrogens (primary N) is 1. The van der Waals surface area contributed by atoms with Crippen molar-refractivity contribution in [2.45, 2.75) is 57.7 Å². The van der Waals surface area contributed by atoms with Crippen LogP contribution in [0, 0.1) is 5.82 Å². The van der Waals surface area contributed by atoms with E-state index in [-0.39, 0.29) is 69.9 Å². The highest BCUT2D eigenvalue weighted by molar-refractivity contribution is 9.10. The molecule has 1 fully saturated rings. The summed E-state index contributed by atoms with van der Waals surface area (Å²) in [5, 5.41) is 2.72. The Morgan fingerprint density at radius 3 is 2.52 bits per heavy atom. The molecule has 3 N–H and O–H groups in total. The van der Waals surface area contributed by atoms with Gasteiger partial charge in [0.2, 0.25) is 0 Å². The second-order valence-corrected chi connectivity index (χ2v) is 13.4. The molecule has 1 atom stereocenters. The molecule has 3 aromatic carbocycles. The molecule has 2 aliphatic rings. The van der Waals surface area contributed by atoms with Crippen LogP contribution in [-0.4, -0.2) is 48.0 Å². The summed E-state index contributed by atoms with van der Waals surface area (Å²) in [5.41, 5.74) is 4.72. The van der Waals surface area contributed by atoms with Crippen LogP contribution in [0.1, 0.15) is 57.4 Å². The number of nitrogen functional groups attached to an aromatic ring is 1. The Bertz CT molecular complexity index is 2270. The number of imidazole rings is 1. The molecule has 0 bridgehead atoms. The third-order valence-corrected chi connectivity index (χ3v) is 9.61. The van der Waals surface area contributed by atoms with Gasteiger partial charge in [-0.25, -0.2) is 19.2 Å². The monoisotopic (exact) mass is 779 g/mol. The number of alkyl halides is 3. The van der Waals surface area contributed by atoms with Gasteiger partial charge in [-0.3, -0.25) is 18.7 Å². The van der Waals surface area contributed by atoms with Crippen molar-refractivity contribution in [3.8, 4) is 22.8 Å². The summed E-state index contributed by atoms with van der Waals surface area (Å²) in [6.45, 7) is 0.983. The molecule has 1 aliphatic carbocycles. The van der Waals surface area contributed by atoms with E-state index < -0.39 is 41.1 Å². The Balaban J connectivity index is 1.27. The van der Waals surface area contributed by atoms with E-state index in [1.165, 1.54) is 44.5 Å². The lowest BCUT2D eigenvalue weighted by Crippen LogP contribution is -2.47. The number of halogens is 5. The number of anilines is 1. The number of rotatable bonds is 8. The number of fused-ring (bicyclic) bond motifs is 1. The van der Waals surface area contributed by atoms with Crippen LogP contribution in [-0.2, 0) is 25.8 Å². The number of amides is 2. The van der Waals surface area contributed by atoms with Crippen molar-refractivity contribution >= 4 is 33.6 Å². The van der Waals surface area contributed by atoms with E-state index in [0.717, 1.165) is 25.0 Å². The number of aromatic nitrogens is 4. The molecule has 16 heteroatoms. The summed E-state index contributed by atoms with van der Waals surface area (Å²) in [6.07, 6.45) is -1.29. The van der Waals surface area contributed by atoms with Crippen LogP contribution in [0.15, 0.2) is 82.2 Å². The highest BCUT2D eigenvalue weighted by atomic mass is 79.9. The van der Waals surface area contributed by atoms with Crippen LogP contribution in [0.3, 0.4) is 0 Å². The molecule has 0 saturated heterocycles. The Kier molecular flexibility index (Phi) is 9.10. The first-order chi connectivity index (χ1) is 24.8. The number of nitrogens with zero attached hydrogens (tertiary/aromatic N) is 5. The lowest BCUT2D eigenvalue weighted by molar-refractivity contribution is -0.138. The van der Waals surface area contributed by atoms with Gasteiger partial charge >= 0.3 is 11.9 Å². The molecule has 3 heterocycles. The van der Waals surface area contributed by atoms with Crippen molar-refractivity contribution in [1.82, 2.24) is 29.3 Å². The smallest absolute Gasteiger partial charge is 0.417 e. The third-order valence-electron chi connectivity index (χ3n) is 8.92. The van der Waals surface area contributed by atoms with Crippen molar-refractivity contribution in [3.05, 3.63) is 122 Å². The maximum Gasteiger partial charge on any atom is 0.417 e. The van der Waals surface area contributed by atoms with Crippen LogP contribution in [0.25, 0.3) is 17.1 Å². The summed E-state index contributed by atoms with van der Waals surface area (Å²) >= 11 is 2.90. The van der Waals surface area contributed by atoms with Crippen molar-refractivity contribution < 1.29 is 31.9 Å². The molecule has 11 nitrogen and oxygen atoms in total. The largest absolute Gasteiger partial charge is 0.490 e. The number of carbonyl (C=O) groups is 2. The number of ether oxygens (including phenoxy) is 1. The van der Waals surface area contributed by atoms with Gasteiger partial charge in [-0.05, 0) is 74.4 Å². The zero-order valence-corrected chi connectivity index (χ0v) is 29.0. The molecule has 0 spiro atoms. The highest BCUT2D eigenvalue weighted by Crippen LogP contribution is 2.36. The third kappa shape index (κ3) is 6.77. The quantitative estimate of drug-likeness (QED) is 0.181. The Labute approximate surface area is 302 Å². The van der Waals surface area contributed by atoms with Gasteiger partial charge in [0, 0.05) is 46.5 Å². The molecule has 0 unspecified atom stereocenters. The van der Waals surface area contributed by atoms with Crippen LogP contribution in [0.4, 0.5) is 23.4 Å². The summed E-state index contributed by atoms with van der Waals surface area (Å²) in [6, 6.07) is 14.9. The second-order valence-electron chi connectivity index (χ2n) is 12.6. The first kappa shape index (κ1) is 34.9. The van der Waals surface area contributed by atoms with E-state index >= 15 is 4.39 Å². The predicted molar refractivity (Wildman–Crippen MR) is 185 cm³/mol. The van der Waals surface area contributed by atoms with Gasteiger partial charge in [0.1, 0.15) is 23.1 Å². The standard InChI is InChI=1S/C36H30BrF4N7O4/c1-19-17-47-29(18-46(19)34(50)20-5-12-27(37)26(15-20)36(39,40)41)31(48(35(47)51)21-6-8-22(9-7-21)52-23-10-11-23)33(49)44-16-25-24(3-2-4-28(25)38)32-43-14-13-30(42)45-32/h2-9,12-15,19,23H,10-11,16-18H2,1H3,(H,44,49)(H2,42,43,45)/t19-/m1/s1.